The molecule has 0 unspecified atom stereocenters. The third kappa shape index (κ3) is 4.35. The molecule has 1 saturated heterocycles. The Morgan fingerprint density at radius 3 is 2.76 bits per heavy atom. The van der Waals surface area contributed by atoms with E-state index in [4.69, 9.17) is 4.74 Å². The molecule has 6 rings (SSSR count). The molecule has 7 heteroatoms. The minimum atomic E-state index is -0.152. The summed E-state index contributed by atoms with van der Waals surface area (Å²) in [7, 11) is 0. The van der Waals surface area contributed by atoms with Crippen molar-refractivity contribution in [3.63, 3.8) is 0 Å². The van der Waals surface area contributed by atoms with Crippen LogP contribution in [0.5, 0.6) is 0 Å². The van der Waals surface area contributed by atoms with Gasteiger partial charge < -0.3 is 14.5 Å². The van der Waals surface area contributed by atoms with Gasteiger partial charge in [-0.05, 0) is 67.0 Å². The third-order valence-electron chi connectivity index (χ3n) is 8.25. The van der Waals surface area contributed by atoms with Gasteiger partial charge in [0, 0.05) is 47.6 Å². The topological polar surface area (TPSA) is 78.5 Å². The normalized spacial score (nSPS) is 19.5. The van der Waals surface area contributed by atoms with Crippen LogP contribution in [0.3, 0.4) is 0 Å². The van der Waals surface area contributed by atoms with Gasteiger partial charge in [0.15, 0.2) is 0 Å². The fourth-order valence-electron chi connectivity index (χ4n) is 5.95. The summed E-state index contributed by atoms with van der Waals surface area (Å²) in [6.45, 7) is 9.56. The van der Waals surface area contributed by atoms with Gasteiger partial charge in [-0.25, -0.2) is 0 Å². The largest absolute Gasteiger partial charge is 0.378 e. The molecule has 192 valence electrons. The second kappa shape index (κ2) is 9.14. The lowest BCUT2D eigenvalue weighted by molar-refractivity contribution is 0.0303. The molecule has 3 aromatic rings. The number of rotatable bonds is 4. The molecule has 0 saturated carbocycles. The van der Waals surface area contributed by atoms with Gasteiger partial charge >= 0.3 is 0 Å². The molecule has 3 aliphatic rings. The van der Waals surface area contributed by atoms with E-state index in [0.29, 0.717) is 43.8 Å². The highest BCUT2D eigenvalue weighted by molar-refractivity contribution is 5.99. The first-order valence-electron chi connectivity index (χ1n) is 13.3. The van der Waals surface area contributed by atoms with Crippen molar-refractivity contribution in [2.24, 2.45) is 5.41 Å². The van der Waals surface area contributed by atoms with Gasteiger partial charge in [0.05, 0.1) is 24.9 Å². The summed E-state index contributed by atoms with van der Waals surface area (Å²) in [6.07, 6.45) is 3.18. The standard InChI is InChI=1S/C30H34N4O3/c1-19(20-5-4-6-22(15-20)28(35)33-11-13-37-14-12-33)34-18-23-16-21(7-8-24(23)29(34)36)27-25-9-10-30(2,3)17-26(25)31-32-27/h4-8,15-16,19H,9-14,17-18H2,1-3H3,(H,31,32)/t19-/m1/s1. The highest BCUT2D eigenvalue weighted by atomic mass is 16.5. The molecule has 2 aliphatic heterocycles. The van der Waals surface area contributed by atoms with E-state index < -0.39 is 0 Å². The maximum Gasteiger partial charge on any atom is 0.255 e. The Labute approximate surface area is 217 Å². The molecule has 1 aromatic heterocycles. The summed E-state index contributed by atoms with van der Waals surface area (Å²) >= 11 is 0. The van der Waals surface area contributed by atoms with Gasteiger partial charge in [0.1, 0.15) is 0 Å². The van der Waals surface area contributed by atoms with E-state index in [1.165, 1.54) is 11.3 Å². The molecular formula is C30H34N4O3. The van der Waals surface area contributed by atoms with Crippen molar-refractivity contribution >= 4 is 11.8 Å². The number of fused-ring (bicyclic) bond motifs is 2. The molecule has 0 radical (unpaired) electrons. The van der Waals surface area contributed by atoms with E-state index in [0.717, 1.165) is 47.2 Å². The number of nitrogens with zero attached hydrogens (tertiary/aromatic N) is 3. The number of aromatic amines is 1. The Kier molecular flexibility index (Phi) is 5.91. The van der Waals surface area contributed by atoms with Crippen LogP contribution in [0.1, 0.15) is 76.3 Å². The second-order valence-corrected chi connectivity index (χ2v) is 11.4. The first-order valence-corrected chi connectivity index (χ1v) is 13.3. The van der Waals surface area contributed by atoms with Crippen molar-refractivity contribution in [2.75, 3.05) is 26.3 Å². The van der Waals surface area contributed by atoms with E-state index in [2.05, 4.69) is 30.1 Å². The number of hydrogen-bond acceptors (Lipinski definition) is 4. The number of benzene rings is 2. The summed E-state index contributed by atoms with van der Waals surface area (Å²) in [6, 6.07) is 13.7. The van der Waals surface area contributed by atoms with Crippen LogP contribution in [0, 0.1) is 5.41 Å². The van der Waals surface area contributed by atoms with Crippen LogP contribution in [0.2, 0.25) is 0 Å². The molecule has 2 amide bonds. The van der Waals surface area contributed by atoms with E-state index in [-0.39, 0.29) is 17.9 Å². The fourth-order valence-corrected chi connectivity index (χ4v) is 5.95. The zero-order chi connectivity index (χ0) is 25.7. The summed E-state index contributed by atoms with van der Waals surface area (Å²) in [5.74, 6) is 0.0495. The van der Waals surface area contributed by atoms with Gasteiger partial charge in [-0.2, -0.15) is 5.10 Å². The number of aromatic nitrogens is 2. The molecule has 0 bridgehead atoms. The Bertz CT molecular complexity index is 1370. The molecule has 3 heterocycles. The quantitative estimate of drug-likeness (QED) is 0.562. The van der Waals surface area contributed by atoms with Gasteiger partial charge in [0.2, 0.25) is 0 Å². The Morgan fingerprint density at radius 2 is 1.95 bits per heavy atom. The number of amides is 2. The molecule has 1 N–H and O–H groups in total. The van der Waals surface area contributed by atoms with E-state index >= 15 is 0 Å². The van der Waals surface area contributed by atoms with Gasteiger partial charge in [-0.3, -0.25) is 14.7 Å². The maximum atomic E-state index is 13.4. The molecule has 2 aromatic carbocycles. The third-order valence-corrected chi connectivity index (χ3v) is 8.25. The average Bonchev–Trinajstić information content (AvgIpc) is 3.47. The van der Waals surface area contributed by atoms with Crippen LogP contribution in [0.25, 0.3) is 11.3 Å². The first-order chi connectivity index (χ1) is 17.8. The molecule has 7 nitrogen and oxygen atoms in total. The summed E-state index contributed by atoms with van der Waals surface area (Å²) in [5.41, 5.74) is 8.33. The maximum absolute atomic E-state index is 13.4. The van der Waals surface area contributed by atoms with Crippen LogP contribution in [-0.4, -0.2) is 58.1 Å². The van der Waals surface area contributed by atoms with Crippen LogP contribution < -0.4 is 0 Å². The number of H-pyrrole nitrogens is 1. The number of carbonyl (C=O) groups is 2. The van der Waals surface area contributed by atoms with Crippen LogP contribution in [-0.2, 0) is 24.1 Å². The minimum Gasteiger partial charge on any atom is -0.378 e. The predicted octanol–water partition coefficient (Wildman–Crippen LogP) is 4.78. The van der Waals surface area contributed by atoms with Gasteiger partial charge in [0.25, 0.3) is 11.8 Å². The number of morpholine rings is 1. The zero-order valence-corrected chi connectivity index (χ0v) is 21.8. The molecule has 1 fully saturated rings. The summed E-state index contributed by atoms with van der Waals surface area (Å²) in [4.78, 5) is 30.1. The number of hydrogen-bond donors (Lipinski definition) is 1. The molecule has 37 heavy (non-hydrogen) atoms. The summed E-state index contributed by atoms with van der Waals surface area (Å²) in [5, 5.41) is 7.96. The molecule has 1 aliphatic carbocycles. The average molecular weight is 499 g/mol. The lowest BCUT2D eigenvalue weighted by atomic mass is 9.76. The van der Waals surface area contributed by atoms with Crippen molar-refractivity contribution in [1.82, 2.24) is 20.0 Å². The molecular weight excluding hydrogens is 464 g/mol. The highest BCUT2D eigenvalue weighted by Gasteiger charge is 2.33. The van der Waals surface area contributed by atoms with Crippen LogP contribution in [0.15, 0.2) is 42.5 Å². The Morgan fingerprint density at radius 1 is 1.14 bits per heavy atom. The minimum absolute atomic E-state index is 0.0174. The lowest BCUT2D eigenvalue weighted by Gasteiger charge is -2.29. The summed E-state index contributed by atoms with van der Waals surface area (Å²) < 4.78 is 5.38. The highest BCUT2D eigenvalue weighted by Crippen LogP contribution is 2.39. The van der Waals surface area contributed by atoms with Crippen molar-refractivity contribution < 1.29 is 14.3 Å². The van der Waals surface area contributed by atoms with E-state index in [1.54, 1.807) is 0 Å². The van der Waals surface area contributed by atoms with Crippen molar-refractivity contribution in [3.05, 3.63) is 76.0 Å². The zero-order valence-electron chi connectivity index (χ0n) is 21.8. The Hall–Kier alpha value is -3.45. The number of carbonyl (C=O) groups excluding carboxylic acids is 2. The van der Waals surface area contributed by atoms with Crippen LogP contribution >= 0.6 is 0 Å². The van der Waals surface area contributed by atoms with E-state index in [9.17, 15) is 9.59 Å². The Balaban J connectivity index is 1.22. The lowest BCUT2D eigenvalue weighted by Crippen LogP contribution is -2.40. The second-order valence-electron chi connectivity index (χ2n) is 11.4. The smallest absolute Gasteiger partial charge is 0.255 e. The van der Waals surface area contributed by atoms with Gasteiger partial charge in [-0.1, -0.05) is 32.0 Å². The van der Waals surface area contributed by atoms with Crippen molar-refractivity contribution in [2.45, 2.75) is 52.6 Å². The predicted molar refractivity (Wildman–Crippen MR) is 141 cm³/mol. The molecule has 1 atom stereocenters. The van der Waals surface area contributed by atoms with E-state index in [1.807, 2.05) is 53.1 Å². The SMILES string of the molecule is C[C@H](c1cccc(C(=O)N2CCOCC2)c1)N1Cc2cc(-c3n[nH]c4c3CCC(C)(C)C4)ccc2C1=O. The van der Waals surface area contributed by atoms with Crippen molar-refractivity contribution in [1.29, 1.82) is 0 Å². The monoisotopic (exact) mass is 498 g/mol. The number of nitrogens with one attached hydrogen (secondary N) is 1. The number of ether oxygens (including phenoxy) is 1. The van der Waals surface area contributed by atoms with Crippen molar-refractivity contribution in [3.8, 4) is 11.3 Å². The van der Waals surface area contributed by atoms with Crippen LogP contribution in [0.4, 0.5) is 0 Å². The fraction of sp³-hybridized carbons (Fsp3) is 0.433. The molecule has 0 spiro atoms. The first kappa shape index (κ1) is 23.9. The van der Waals surface area contributed by atoms with Gasteiger partial charge in [-0.15, -0.1) is 0 Å².